The van der Waals surface area contributed by atoms with Gasteiger partial charge in [0.25, 0.3) is 0 Å². The van der Waals surface area contributed by atoms with Gasteiger partial charge >= 0.3 is 5.97 Å². The second-order valence-corrected chi connectivity index (χ2v) is 8.31. The molecule has 1 aromatic rings. The number of esters is 1. The van der Waals surface area contributed by atoms with Crippen LogP contribution in [0.5, 0.6) is 0 Å². The van der Waals surface area contributed by atoms with Crippen LogP contribution in [0.25, 0.3) is 0 Å². The first-order chi connectivity index (χ1) is 13.9. The number of carbonyl (C=O) groups excluding carboxylic acids is 2. The average Bonchev–Trinajstić information content (AvgIpc) is 2.98. The van der Waals surface area contributed by atoms with Gasteiger partial charge in [-0.05, 0) is 62.1 Å². The van der Waals surface area contributed by atoms with Gasteiger partial charge in [0.1, 0.15) is 11.9 Å². The van der Waals surface area contributed by atoms with E-state index < -0.39 is 0 Å². The predicted molar refractivity (Wildman–Crippen MR) is 113 cm³/mol. The fourth-order valence-electron chi connectivity index (χ4n) is 4.89. The van der Waals surface area contributed by atoms with E-state index in [4.69, 9.17) is 4.74 Å². The summed E-state index contributed by atoms with van der Waals surface area (Å²) in [4.78, 5) is 28.5. The highest BCUT2D eigenvalue weighted by molar-refractivity contribution is 5.93. The lowest BCUT2D eigenvalue weighted by atomic mass is 9.78. The van der Waals surface area contributed by atoms with Crippen molar-refractivity contribution < 1.29 is 14.3 Å². The van der Waals surface area contributed by atoms with Gasteiger partial charge in [-0.1, -0.05) is 19.2 Å². The van der Waals surface area contributed by atoms with Crippen molar-refractivity contribution in [1.29, 1.82) is 0 Å². The van der Waals surface area contributed by atoms with E-state index in [1.54, 1.807) is 0 Å². The number of anilines is 2. The van der Waals surface area contributed by atoms with Crippen molar-refractivity contribution in [2.75, 3.05) is 24.0 Å². The number of hydrogen-bond donors (Lipinski definition) is 1. The number of nitrogens with zero attached hydrogens (tertiary/aromatic N) is 2. The number of benzene rings is 1. The Labute approximate surface area is 172 Å². The molecular weight excluding hydrogens is 366 g/mol. The van der Waals surface area contributed by atoms with Gasteiger partial charge in [-0.25, -0.2) is 0 Å². The fraction of sp³-hybridized carbons (Fsp3) is 0.478. The molecule has 154 valence electrons. The Morgan fingerprint density at radius 3 is 2.52 bits per heavy atom. The van der Waals surface area contributed by atoms with Crippen molar-refractivity contribution >= 4 is 23.3 Å². The Morgan fingerprint density at radius 2 is 1.86 bits per heavy atom. The Morgan fingerprint density at radius 1 is 1.14 bits per heavy atom. The lowest BCUT2D eigenvalue weighted by molar-refractivity contribution is -0.146. The predicted octanol–water partition coefficient (Wildman–Crippen LogP) is 3.65. The van der Waals surface area contributed by atoms with E-state index in [0.717, 1.165) is 61.4 Å². The molecule has 0 aromatic heterocycles. The minimum Gasteiger partial charge on any atom is -0.469 e. The Bertz CT molecular complexity index is 870. The van der Waals surface area contributed by atoms with Crippen LogP contribution in [0.3, 0.4) is 0 Å². The lowest BCUT2D eigenvalue weighted by Gasteiger charge is -2.33. The molecule has 2 aliphatic heterocycles. The number of fused-ring (bicyclic) bond motifs is 1. The largest absolute Gasteiger partial charge is 0.469 e. The van der Waals surface area contributed by atoms with Gasteiger partial charge < -0.3 is 19.9 Å². The van der Waals surface area contributed by atoms with Crippen molar-refractivity contribution in [1.82, 2.24) is 5.32 Å². The van der Waals surface area contributed by atoms with Crippen LogP contribution in [0, 0.1) is 5.92 Å². The first kappa shape index (κ1) is 19.6. The molecule has 2 heterocycles. The normalized spacial score (nSPS) is 27.0. The van der Waals surface area contributed by atoms with Crippen molar-refractivity contribution in [3.8, 4) is 0 Å². The third-order valence-electron chi connectivity index (χ3n) is 6.65. The van der Waals surface area contributed by atoms with E-state index >= 15 is 0 Å². The Balaban J connectivity index is 1.55. The van der Waals surface area contributed by atoms with E-state index in [9.17, 15) is 9.59 Å². The zero-order chi connectivity index (χ0) is 20.7. The molecule has 0 spiro atoms. The molecule has 3 aliphatic rings. The zero-order valence-corrected chi connectivity index (χ0v) is 17.2. The van der Waals surface area contributed by atoms with Crippen LogP contribution in [0.15, 0.2) is 42.9 Å². The molecule has 1 N–H and O–H groups in total. The molecule has 6 heteroatoms. The summed E-state index contributed by atoms with van der Waals surface area (Å²) >= 11 is 0. The molecule has 1 saturated carbocycles. The summed E-state index contributed by atoms with van der Waals surface area (Å²) in [5.74, 6) is 1.19. The summed E-state index contributed by atoms with van der Waals surface area (Å²) in [5.41, 5.74) is 4.18. The van der Waals surface area contributed by atoms with Crippen LogP contribution in [0.4, 0.5) is 11.4 Å². The topological polar surface area (TPSA) is 61.9 Å². The van der Waals surface area contributed by atoms with Crippen molar-refractivity contribution in [2.45, 2.75) is 50.5 Å². The van der Waals surface area contributed by atoms with Crippen LogP contribution >= 0.6 is 0 Å². The molecule has 1 unspecified atom stereocenters. The summed E-state index contributed by atoms with van der Waals surface area (Å²) in [6, 6.07) is 6.24. The summed E-state index contributed by atoms with van der Waals surface area (Å²) in [5, 5.41) is 2.88. The highest BCUT2D eigenvalue weighted by Crippen LogP contribution is 2.45. The third-order valence-corrected chi connectivity index (χ3v) is 6.65. The van der Waals surface area contributed by atoms with Gasteiger partial charge in [-0.2, -0.15) is 0 Å². The van der Waals surface area contributed by atoms with Crippen LogP contribution in [0.1, 0.15) is 50.0 Å². The number of piperidine rings is 1. The molecule has 0 bridgehead atoms. The fourth-order valence-corrected chi connectivity index (χ4v) is 4.89. The van der Waals surface area contributed by atoms with Gasteiger partial charge in [0, 0.05) is 12.7 Å². The van der Waals surface area contributed by atoms with E-state index in [1.165, 1.54) is 12.7 Å². The zero-order valence-electron chi connectivity index (χ0n) is 17.2. The van der Waals surface area contributed by atoms with Crippen molar-refractivity contribution in [3.05, 3.63) is 48.4 Å². The number of methoxy groups -OCH3 is 1. The molecule has 4 rings (SSSR count). The highest BCUT2D eigenvalue weighted by Gasteiger charge is 2.38. The molecule has 1 amide bonds. The molecule has 1 saturated heterocycles. The summed E-state index contributed by atoms with van der Waals surface area (Å²) < 4.78 is 4.90. The highest BCUT2D eigenvalue weighted by atomic mass is 16.5. The van der Waals surface area contributed by atoms with E-state index in [1.807, 2.05) is 7.05 Å². The maximum Gasteiger partial charge on any atom is 0.308 e. The minimum absolute atomic E-state index is 0.0196. The van der Waals surface area contributed by atoms with Crippen LogP contribution < -0.4 is 15.1 Å². The Hall–Kier alpha value is -2.76. The number of carbonyl (C=O) groups is 2. The third kappa shape index (κ3) is 3.41. The standard InChI is InChI=1S/C23H29N3O3/c1-14-5-11-20(22(27)24-14)26-15(2)25(3)21-13-18(10-12-19(21)26)16-6-8-17(9-7-16)23(28)29-4/h10,12-13,16-17,20H,1-2,5-9,11H2,3-4H3,(H,24,27). The van der Waals surface area contributed by atoms with Crippen LogP contribution in [0.2, 0.25) is 0 Å². The van der Waals surface area contributed by atoms with Gasteiger partial charge in [-0.3, -0.25) is 9.59 Å². The lowest BCUT2D eigenvalue weighted by Crippen LogP contribution is -2.49. The first-order valence-corrected chi connectivity index (χ1v) is 10.3. The summed E-state index contributed by atoms with van der Waals surface area (Å²) in [6.45, 7) is 8.12. The second kappa shape index (κ2) is 7.58. The van der Waals surface area contributed by atoms with Crippen molar-refractivity contribution in [2.24, 2.45) is 5.92 Å². The molecule has 1 aromatic carbocycles. The van der Waals surface area contributed by atoms with E-state index in [0.29, 0.717) is 5.92 Å². The van der Waals surface area contributed by atoms with Crippen LogP contribution in [-0.4, -0.2) is 32.1 Å². The first-order valence-electron chi connectivity index (χ1n) is 10.3. The number of amides is 1. The van der Waals surface area contributed by atoms with E-state index in [2.05, 4.69) is 46.5 Å². The maximum absolute atomic E-state index is 12.6. The average molecular weight is 396 g/mol. The summed E-state index contributed by atoms with van der Waals surface area (Å²) in [6.07, 6.45) is 5.22. The van der Waals surface area contributed by atoms with Crippen LogP contribution in [-0.2, 0) is 14.3 Å². The number of nitrogens with one attached hydrogen (secondary N) is 1. The smallest absolute Gasteiger partial charge is 0.308 e. The molecule has 29 heavy (non-hydrogen) atoms. The monoisotopic (exact) mass is 395 g/mol. The minimum atomic E-state index is -0.266. The molecule has 6 nitrogen and oxygen atoms in total. The Kier molecular flexibility index (Phi) is 5.11. The quantitative estimate of drug-likeness (QED) is 0.792. The molecular formula is C23H29N3O3. The second-order valence-electron chi connectivity index (χ2n) is 8.31. The molecule has 1 atom stereocenters. The van der Waals surface area contributed by atoms with E-state index in [-0.39, 0.29) is 23.8 Å². The SMILES string of the molecule is C=C1CCC(N2C(=C)N(C)c3cc(C4CCC(C(=O)OC)CC4)ccc32)C(=O)N1. The van der Waals surface area contributed by atoms with Gasteiger partial charge in [0.2, 0.25) is 5.91 Å². The van der Waals surface area contributed by atoms with Gasteiger partial charge in [-0.15, -0.1) is 0 Å². The van der Waals surface area contributed by atoms with Crippen molar-refractivity contribution in [3.63, 3.8) is 0 Å². The number of hydrogen-bond acceptors (Lipinski definition) is 5. The molecule has 2 fully saturated rings. The maximum atomic E-state index is 12.6. The number of allylic oxidation sites excluding steroid dienone is 1. The van der Waals surface area contributed by atoms with Gasteiger partial charge in [0.05, 0.1) is 24.4 Å². The number of rotatable bonds is 3. The summed E-state index contributed by atoms with van der Waals surface area (Å²) in [7, 11) is 3.46. The molecule has 1 aliphatic carbocycles. The number of ether oxygens (including phenoxy) is 1. The molecule has 0 radical (unpaired) electrons. The van der Waals surface area contributed by atoms with Gasteiger partial charge in [0.15, 0.2) is 0 Å².